The number of nitrogens with one attached hydrogen (secondary N) is 1. The number of hydrogen-bond acceptors (Lipinski definition) is 5. The Kier molecular flexibility index (Phi) is 5.79. The number of nitrogens with zero attached hydrogens (tertiary/aromatic N) is 1. The average Bonchev–Trinajstić information content (AvgIpc) is 2.69. The van der Waals surface area contributed by atoms with Crippen LogP contribution >= 0.6 is 0 Å². The van der Waals surface area contributed by atoms with Crippen LogP contribution in [0.1, 0.15) is 15.9 Å². The molecule has 0 aliphatic carbocycles. The van der Waals surface area contributed by atoms with Gasteiger partial charge in [-0.05, 0) is 36.8 Å². The van der Waals surface area contributed by atoms with Crippen LogP contribution in [0.2, 0.25) is 0 Å². The molecule has 27 heavy (non-hydrogen) atoms. The van der Waals surface area contributed by atoms with E-state index >= 15 is 0 Å². The first-order chi connectivity index (χ1) is 12.9. The summed E-state index contributed by atoms with van der Waals surface area (Å²) in [5.74, 6) is -0.0663. The lowest BCUT2D eigenvalue weighted by Crippen LogP contribution is -2.40. The maximum atomic E-state index is 13.0. The van der Waals surface area contributed by atoms with Crippen molar-refractivity contribution in [3.63, 3.8) is 0 Å². The molecule has 0 atom stereocenters. The van der Waals surface area contributed by atoms with Crippen molar-refractivity contribution in [2.45, 2.75) is 11.8 Å². The Labute approximate surface area is 158 Å². The summed E-state index contributed by atoms with van der Waals surface area (Å²) in [6.45, 7) is 3.12. The van der Waals surface area contributed by atoms with E-state index < -0.39 is 10.0 Å². The van der Waals surface area contributed by atoms with Crippen LogP contribution in [0.3, 0.4) is 0 Å². The van der Waals surface area contributed by atoms with Gasteiger partial charge in [0.05, 0.1) is 20.3 Å². The fraction of sp³-hybridized carbons (Fsp3) is 0.316. The molecule has 1 N–H and O–H groups in total. The molecule has 3 rings (SSSR count). The van der Waals surface area contributed by atoms with E-state index in [0.717, 1.165) is 5.56 Å². The molecule has 1 heterocycles. The lowest BCUT2D eigenvalue weighted by molar-refractivity contribution is 0.0729. The smallest absolute Gasteiger partial charge is 0.255 e. The summed E-state index contributed by atoms with van der Waals surface area (Å²) < 4.78 is 37.8. The first-order valence-corrected chi connectivity index (χ1v) is 10.0. The van der Waals surface area contributed by atoms with Gasteiger partial charge in [0.15, 0.2) is 0 Å². The predicted molar refractivity (Wildman–Crippen MR) is 102 cm³/mol. The first-order valence-electron chi connectivity index (χ1n) is 8.56. The van der Waals surface area contributed by atoms with Crippen molar-refractivity contribution < 1.29 is 22.7 Å². The monoisotopic (exact) mass is 390 g/mol. The third kappa shape index (κ3) is 4.13. The SMILES string of the molecule is COc1ccc(NC(=O)c2ccccc2C)cc1S(=O)(=O)N1CCOCC1. The minimum Gasteiger partial charge on any atom is -0.495 e. The van der Waals surface area contributed by atoms with Crippen LogP contribution in [-0.2, 0) is 14.8 Å². The van der Waals surface area contributed by atoms with Crippen molar-refractivity contribution in [1.82, 2.24) is 4.31 Å². The number of anilines is 1. The minimum absolute atomic E-state index is 0.0227. The fourth-order valence-corrected chi connectivity index (χ4v) is 4.50. The third-order valence-corrected chi connectivity index (χ3v) is 6.32. The van der Waals surface area contributed by atoms with Gasteiger partial charge in [0.1, 0.15) is 10.6 Å². The van der Waals surface area contributed by atoms with Gasteiger partial charge in [-0.2, -0.15) is 4.31 Å². The molecule has 2 aromatic rings. The number of methoxy groups -OCH3 is 1. The largest absolute Gasteiger partial charge is 0.495 e. The van der Waals surface area contributed by atoms with Gasteiger partial charge < -0.3 is 14.8 Å². The Hall–Kier alpha value is -2.42. The number of aryl methyl sites for hydroxylation is 1. The highest BCUT2D eigenvalue weighted by Gasteiger charge is 2.29. The van der Waals surface area contributed by atoms with Crippen LogP contribution in [0.4, 0.5) is 5.69 Å². The highest BCUT2D eigenvalue weighted by molar-refractivity contribution is 7.89. The molecule has 0 unspecified atom stereocenters. The Morgan fingerprint density at radius 1 is 1.15 bits per heavy atom. The van der Waals surface area contributed by atoms with Crippen LogP contribution < -0.4 is 10.1 Å². The van der Waals surface area contributed by atoms with Crippen LogP contribution in [0.15, 0.2) is 47.4 Å². The van der Waals surface area contributed by atoms with Crippen molar-refractivity contribution in [2.75, 3.05) is 38.7 Å². The van der Waals surface area contributed by atoms with Crippen LogP contribution in [0, 0.1) is 6.92 Å². The van der Waals surface area contributed by atoms with Crippen LogP contribution in [0.25, 0.3) is 0 Å². The summed E-state index contributed by atoms with van der Waals surface area (Å²) in [4.78, 5) is 12.6. The first kappa shape index (κ1) is 19.3. The Bertz CT molecular complexity index is 937. The van der Waals surface area contributed by atoms with Crippen molar-refractivity contribution >= 4 is 21.6 Å². The van der Waals surface area contributed by atoms with E-state index in [9.17, 15) is 13.2 Å². The molecule has 8 heteroatoms. The molecule has 1 aliphatic heterocycles. The average molecular weight is 390 g/mol. The summed E-state index contributed by atoms with van der Waals surface area (Å²) in [7, 11) is -2.34. The van der Waals surface area contributed by atoms with E-state index in [2.05, 4.69) is 5.32 Å². The van der Waals surface area contributed by atoms with Crippen molar-refractivity contribution in [3.05, 3.63) is 53.6 Å². The van der Waals surface area contributed by atoms with Gasteiger partial charge in [-0.1, -0.05) is 18.2 Å². The molecule has 7 nitrogen and oxygen atoms in total. The molecule has 0 saturated carbocycles. The molecule has 1 saturated heterocycles. The van der Waals surface area contributed by atoms with Crippen LogP contribution in [0.5, 0.6) is 5.75 Å². The molecule has 144 valence electrons. The van der Waals surface area contributed by atoms with E-state index in [-0.39, 0.29) is 29.6 Å². The number of morpholine rings is 1. The van der Waals surface area contributed by atoms with Gasteiger partial charge in [0.25, 0.3) is 5.91 Å². The number of carbonyl (C=O) groups is 1. The van der Waals surface area contributed by atoms with Gasteiger partial charge in [-0.25, -0.2) is 8.42 Å². The topological polar surface area (TPSA) is 84.9 Å². The standard InChI is InChI=1S/C19H22N2O5S/c1-14-5-3-4-6-16(14)19(22)20-15-7-8-17(25-2)18(13-15)27(23,24)21-9-11-26-12-10-21/h3-8,13H,9-12H2,1-2H3,(H,20,22). The van der Waals surface area contributed by atoms with Crippen molar-refractivity contribution in [1.29, 1.82) is 0 Å². The molecule has 1 fully saturated rings. The number of ether oxygens (including phenoxy) is 2. The molecular formula is C19H22N2O5S. The minimum atomic E-state index is -3.76. The zero-order valence-electron chi connectivity index (χ0n) is 15.3. The molecule has 0 aromatic heterocycles. The van der Waals surface area contributed by atoms with Gasteiger partial charge >= 0.3 is 0 Å². The highest BCUT2D eigenvalue weighted by atomic mass is 32.2. The van der Waals surface area contributed by atoms with Gasteiger partial charge in [0, 0.05) is 24.3 Å². The van der Waals surface area contributed by atoms with Crippen molar-refractivity contribution in [3.8, 4) is 5.75 Å². The maximum absolute atomic E-state index is 13.0. The fourth-order valence-electron chi connectivity index (χ4n) is 2.91. The van der Waals surface area contributed by atoms with Crippen molar-refractivity contribution in [2.24, 2.45) is 0 Å². The molecule has 0 bridgehead atoms. The van der Waals surface area contributed by atoms with Gasteiger partial charge in [-0.3, -0.25) is 4.79 Å². The van der Waals surface area contributed by atoms with Gasteiger partial charge in [0.2, 0.25) is 10.0 Å². The Morgan fingerprint density at radius 3 is 2.52 bits per heavy atom. The van der Waals surface area contributed by atoms with E-state index in [0.29, 0.717) is 24.5 Å². The zero-order valence-corrected chi connectivity index (χ0v) is 16.1. The van der Waals surface area contributed by atoms with E-state index in [4.69, 9.17) is 9.47 Å². The number of hydrogen-bond donors (Lipinski definition) is 1. The summed E-state index contributed by atoms with van der Waals surface area (Å²) in [6, 6.07) is 11.8. The molecule has 0 radical (unpaired) electrons. The Morgan fingerprint density at radius 2 is 1.85 bits per heavy atom. The van der Waals surface area contributed by atoms with E-state index in [1.807, 2.05) is 19.1 Å². The highest BCUT2D eigenvalue weighted by Crippen LogP contribution is 2.30. The molecule has 2 aromatic carbocycles. The summed E-state index contributed by atoms with van der Waals surface area (Å²) in [5, 5.41) is 2.76. The quantitative estimate of drug-likeness (QED) is 0.847. The number of benzene rings is 2. The zero-order chi connectivity index (χ0) is 19.4. The predicted octanol–water partition coefficient (Wildman–Crippen LogP) is 2.28. The Balaban J connectivity index is 1.92. The molecule has 1 aliphatic rings. The second-order valence-electron chi connectivity index (χ2n) is 6.15. The number of sulfonamides is 1. The van der Waals surface area contributed by atoms with E-state index in [1.165, 1.54) is 17.5 Å². The third-order valence-electron chi connectivity index (χ3n) is 4.40. The number of carbonyl (C=O) groups excluding carboxylic acids is 1. The lowest BCUT2D eigenvalue weighted by Gasteiger charge is -2.26. The summed E-state index contributed by atoms with van der Waals surface area (Å²) in [6.07, 6.45) is 0. The lowest BCUT2D eigenvalue weighted by atomic mass is 10.1. The summed E-state index contributed by atoms with van der Waals surface area (Å²) in [5.41, 5.74) is 1.76. The molecular weight excluding hydrogens is 368 g/mol. The number of amides is 1. The van der Waals surface area contributed by atoms with E-state index in [1.54, 1.807) is 24.3 Å². The van der Waals surface area contributed by atoms with Gasteiger partial charge in [-0.15, -0.1) is 0 Å². The van der Waals surface area contributed by atoms with Crippen LogP contribution in [-0.4, -0.2) is 52.0 Å². The second-order valence-corrected chi connectivity index (χ2v) is 8.06. The molecule has 0 spiro atoms. The molecule has 1 amide bonds. The maximum Gasteiger partial charge on any atom is 0.255 e. The normalized spacial score (nSPS) is 15.3. The summed E-state index contributed by atoms with van der Waals surface area (Å²) >= 11 is 0. The second kappa shape index (κ2) is 8.08. The number of rotatable bonds is 5.